The van der Waals surface area contributed by atoms with Crippen molar-refractivity contribution in [3.63, 3.8) is 0 Å². The van der Waals surface area contributed by atoms with Crippen LogP contribution in [0, 0.1) is 5.92 Å². The molecule has 0 radical (unpaired) electrons. The van der Waals surface area contributed by atoms with Crippen molar-refractivity contribution in [3.05, 3.63) is 35.9 Å². The molecule has 2 N–H and O–H groups in total. The lowest BCUT2D eigenvalue weighted by Gasteiger charge is -2.45. The summed E-state index contributed by atoms with van der Waals surface area (Å²) in [5, 5.41) is 6.49. The molecular formula is C20H28N2O2. The lowest BCUT2D eigenvalue weighted by molar-refractivity contribution is -0.123. The second-order valence-corrected chi connectivity index (χ2v) is 7.80. The molecule has 2 fully saturated rings. The van der Waals surface area contributed by atoms with Crippen LogP contribution in [-0.2, 0) is 9.59 Å². The van der Waals surface area contributed by atoms with Crippen LogP contribution < -0.4 is 10.6 Å². The fourth-order valence-electron chi connectivity index (χ4n) is 4.35. The number of rotatable bonds is 4. The molecule has 1 aromatic carbocycles. The van der Waals surface area contributed by atoms with Gasteiger partial charge in [0.2, 0.25) is 11.8 Å². The van der Waals surface area contributed by atoms with E-state index in [1.165, 1.54) is 5.56 Å². The molecule has 2 aliphatic rings. The Bertz CT molecular complexity index is 599. The van der Waals surface area contributed by atoms with Crippen molar-refractivity contribution in [2.45, 2.75) is 69.9 Å². The molecule has 0 aromatic heterocycles. The Morgan fingerprint density at radius 1 is 1.29 bits per heavy atom. The molecule has 3 rings (SSSR count). The number of carbonyl (C=O) groups is 2. The van der Waals surface area contributed by atoms with E-state index in [1.54, 1.807) is 0 Å². The van der Waals surface area contributed by atoms with Gasteiger partial charge in [-0.3, -0.25) is 9.59 Å². The average molecular weight is 328 g/mol. The summed E-state index contributed by atoms with van der Waals surface area (Å²) in [7, 11) is 0. The summed E-state index contributed by atoms with van der Waals surface area (Å²) in [6.45, 7) is 4.13. The third kappa shape index (κ3) is 3.63. The summed E-state index contributed by atoms with van der Waals surface area (Å²) < 4.78 is 0. The van der Waals surface area contributed by atoms with Crippen molar-refractivity contribution < 1.29 is 9.59 Å². The Morgan fingerprint density at radius 2 is 2.04 bits per heavy atom. The molecule has 1 saturated carbocycles. The van der Waals surface area contributed by atoms with Crippen LogP contribution in [0.25, 0.3) is 0 Å². The Balaban J connectivity index is 1.76. The maximum Gasteiger partial charge on any atom is 0.220 e. The largest absolute Gasteiger partial charge is 0.353 e. The van der Waals surface area contributed by atoms with Crippen LogP contribution in [0.4, 0.5) is 0 Å². The van der Waals surface area contributed by atoms with Crippen molar-refractivity contribution in [2.24, 2.45) is 5.92 Å². The topological polar surface area (TPSA) is 58.2 Å². The van der Waals surface area contributed by atoms with E-state index in [1.807, 2.05) is 6.07 Å². The molecule has 1 aromatic rings. The SMILES string of the molecule is CC(C)CC(=O)N[C@H]1CC[C@]2(CCC(=O)N2)[C@@H](c2ccccc2)C1. The van der Waals surface area contributed by atoms with Gasteiger partial charge in [0.25, 0.3) is 0 Å². The van der Waals surface area contributed by atoms with Crippen LogP contribution in [0.5, 0.6) is 0 Å². The maximum atomic E-state index is 12.1. The Morgan fingerprint density at radius 3 is 2.67 bits per heavy atom. The molecule has 1 aliphatic carbocycles. The summed E-state index contributed by atoms with van der Waals surface area (Å²) >= 11 is 0. The minimum atomic E-state index is -0.127. The van der Waals surface area contributed by atoms with Crippen LogP contribution in [0.3, 0.4) is 0 Å². The minimum absolute atomic E-state index is 0.127. The van der Waals surface area contributed by atoms with Crippen LogP contribution in [0.2, 0.25) is 0 Å². The highest BCUT2D eigenvalue weighted by Crippen LogP contribution is 2.45. The Labute approximate surface area is 144 Å². The number of hydrogen-bond acceptors (Lipinski definition) is 2. The van der Waals surface area contributed by atoms with E-state index < -0.39 is 0 Å². The van der Waals surface area contributed by atoms with Gasteiger partial charge in [-0.05, 0) is 37.2 Å². The molecule has 0 bridgehead atoms. The van der Waals surface area contributed by atoms with Gasteiger partial charge in [0.15, 0.2) is 0 Å². The predicted octanol–water partition coefficient (Wildman–Crippen LogP) is 3.13. The van der Waals surface area contributed by atoms with E-state index >= 15 is 0 Å². The zero-order valence-corrected chi connectivity index (χ0v) is 14.7. The summed E-state index contributed by atoms with van der Waals surface area (Å²) in [5.74, 6) is 0.952. The highest BCUT2D eigenvalue weighted by molar-refractivity contribution is 5.80. The van der Waals surface area contributed by atoms with Crippen LogP contribution in [0.1, 0.15) is 63.9 Å². The molecule has 1 saturated heterocycles. The van der Waals surface area contributed by atoms with Crippen molar-refractivity contribution >= 4 is 11.8 Å². The second-order valence-electron chi connectivity index (χ2n) is 7.80. The number of amides is 2. The predicted molar refractivity (Wildman–Crippen MR) is 94.5 cm³/mol. The first kappa shape index (κ1) is 17.0. The van der Waals surface area contributed by atoms with Crippen molar-refractivity contribution in [1.29, 1.82) is 0 Å². The second kappa shape index (κ2) is 6.96. The highest BCUT2D eigenvalue weighted by atomic mass is 16.2. The zero-order chi connectivity index (χ0) is 17.2. The van der Waals surface area contributed by atoms with E-state index in [4.69, 9.17) is 0 Å². The molecule has 3 atom stereocenters. The minimum Gasteiger partial charge on any atom is -0.353 e. The average Bonchev–Trinajstić information content (AvgIpc) is 2.91. The number of nitrogens with one attached hydrogen (secondary N) is 2. The molecule has 1 heterocycles. The van der Waals surface area contributed by atoms with Crippen molar-refractivity contribution in [2.75, 3.05) is 0 Å². The monoisotopic (exact) mass is 328 g/mol. The highest BCUT2D eigenvalue weighted by Gasteiger charge is 2.48. The van der Waals surface area contributed by atoms with Gasteiger partial charge in [-0.15, -0.1) is 0 Å². The third-order valence-corrected chi connectivity index (χ3v) is 5.47. The van der Waals surface area contributed by atoms with Crippen molar-refractivity contribution in [3.8, 4) is 0 Å². The first-order chi connectivity index (χ1) is 11.5. The number of carbonyl (C=O) groups excluding carboxylic acids is 2. The third-order valence-electron chi connectivity index (χ3n) is 5.47. The van der Waals surface area contributed by atoms with E-state index in [0.717, 1.165) is 25.7 Å². The smallest absolute Gasteiger partial charge is 0.220 e. The molecule has 24 heavy (non-hydrogen) atoms. The quantitative estimate of drug-likeness (QED) is 0.892. The van der Waals surface area contributed by atoms with Gasteiger partial charge in [0.1, 0.15) is 0 Å². The van der Waals surface area contributed by atoms with Crippen LogP contribution in [-0.4, -0.2) is 23.4 Å². The summed E-state index contributed by atoms with van der Waals surface area (Å²) in [6, 6.07) is 10.6. The molecule has 4 heteroatoms. The summed E-state index contributed by atoms with van der Waals surface area (Å²) in [5.41, 5.74) is 1.14. The lowest BCUT2D eigenvalue weighted by Crippen LogP contribution is -2.53. The van der Waals surface area contributed by atoms with Gasteiger partial charge < -0.3 is 10.6 Å². The van der Waals surface area contributed by atoms with E-state index in [9.17, 15) is 9.59 Å². The van der Waals surface area contributed by atoms with Crippen molar-refractivity contribution in [1.82, 2.24) is 10.6 Å². The summed E-state index contributed by atoms with van der Waals surface area (Å²) in [6.07, 6.45) is 4.87. The molecule has 1 spiro atoms. The normalized spacial score (nSPS) is 29.7. The zero-order valence-electron chi connectivity index (χ0n) is 14.7. The first-order valence-corrected chi connectivity index (χ1v) is 9.14. The number of hydrogen-bond donors (Lipinski definition) is 2. The molecule has 130 valence electrons. The van der Waals surface area contributed by atoms with E-state index in [0.29, 0.717) is 18.8 Å². The maximum absolute atomic E-state index is 12.1. The van der Waals surface area contributed by atoms with Gasteiger partial charge in [0, 0.05) is 30.3 Å². The van der Waals surface area contributed by atoms with Gasteiger partial charge in [-0.2, -0.15) is 0 Å². The van der Waals surface area contributed by atoms with Gasteiger partial charge >= 0.3 is 0 Å². The number of benzene rings is 1. The Hall–Kier alpha value is -1.84. The summed E-state index contributed by atoms with van der Waals surface area (Å²) in [4.78, 5) is 24.0. The molecule has 0 unspecified atom stereocenters. The van der Waals surface area contributed by atoms with Gasteiger partial charge in [0.05, 0.1) is 0 Å². The van der Waals surface area contributed by atoms with Gasteiger partial charge in [-0.1, -0.05) is 44.2 Å². The molecule has 4 nitrogen and oxygen atoms in total. The van der Waals surface area contributed by atoms with Crippen LogP contribution in [0.15, 0.2) is 30.3 Å². The van der Waals surface area contributed by atoms with Crippen LogP contribution >= 0.6 is 0 Å². The van der Waals surface area contributed by atoms with E-state index in [2.05, 4.69) is 48.7 Å². The Kier molecular flexibility index (Phi) is 4.93. The molecule has 1 aliphatic heterocycles. The first-order valence-electron chi connectivity index (χ1n) is 9.14. The van der Waals surface area contributed by atoms with E-state index in [-0.39, 0.29) is 29.3 Å². The lowest BCUT2D eigenvalue weighted by atomic mass is 9.67. The molecular weight excluding hydrogens is 300 g/mol. The fraction of sp³-hybridized carbons (Fsp3) is 0.600. The fourth-order valence-corrected chi connectivity index (χ4v) is 4.35. The standard InChI is InChI=1S/C20H28N2O2/c1-14(2)12-19(24)21-16-8-10-20(11-9-18(23)22-20)17(13-16)15-6-4-3-5-7-15/h3-7,14,16-17H,8-13H2,1-2H3,(H,21,24)(H,22,23)/t16-,17+,20-/m0/s1. The molecule has 2 amide bonds. The van der Waals surface area contributed by atoms with Gasteiger partial charge in [-0.25, -0.2) is 0 Å².